The van der Waals surface area contributed by atoms with Gasteiger partial charge in [-0.1, -0.05) is 44.2 Å². The zero-order valence-corrected chi connectivity index (χ0v) is 28.0. The number of halogens is 3. The molecule has 0 spiro atoms. The van der Waals surface area contributed by atoms with Gasteiger partial charge >= 0.3 is 6.18 Å². The van der Waals surface area contributed by atoms with Crippen LogP contribution >= 0.6 is 0 Å². The van der Waals surface area contributed by atoms with E-state index in [1.165, 1.54) is 6.07 Å². The molecule has 1 aliphatic rings. The van der Waals surface area contributed by atoms with Crippen LogP contribution in [0.4, 0.5) is 36.3 Å². The summed E-state index contributed by atoms with van der Waals surface area (Å²) in [6, 6.07) is 19.4. The van der Waals surface area contributed by atoms with Crippen molar-refractivity contribution in [1.82, 2.24) is 20.2 Å². The summed E-state index contributed by atoms with van der Waals surface area (Å²) in [5, 5.41) is 12.8. The molecule has 254 valence electrons. The molecule has 4 aromatic rings. The van der Waals surface area contributed by atoms with E-state index in [0.717, 1.165) is 54.5 Å². The van der Waals surface area contributed by atoms with Crippen LogP contribution in [0.25, 0.3) is 11.1 Å². The molecule has 0 unspecified atom stereocenters. The van der Waals surface area contributed by atoms with Crippen molar-refractivity contribution in [3.8, 4) is 11.1 Å². The minimum atomic E-state index is -4.50. The number of anilines is 4. The molecule has 0 atom stereocenters. The average Bonchev–Trinajstić information content (AvgIpc) is 3.88. The molecule has 5 rings (SSSR count). The van der Waals surface area contributed by atoms with Gasteiger partial charge in [0, 0.05) is 36.2 Å². The summed E-state index contributed by atoms with van der Waals surface area (Å²) < 4.78 is 41.7. The molecule has 1 aliphatic carbocycles. The Kier molecular flexibility index (Phi) is 11.0. The third kappa shape index (κ3) is 8.51. The number of nitrogens with one attached hydrogen (secondary N) is 4. The van der Waals surface area contributed by atoms with Crippen LogP contribution in [-0.2, 0) is 22.9 Å². The summed E-state index contributed by atoms with van der Waals surface area (Å²) in [4.78, 5) is 25.0. The molecular weight excluding hydrogens is 615 g/mol. The fourth-order valence-corrected chi connectivity index (χ4v) is 5.80. The molecule has 0 radical (unpaired) electrons. The Morgan fingerprint density at radius 1 is 0.958 bits per heavy atom. The van der Waals surface area contributed by atoms with Crippen LogP contribution in [0.5, 0.6) is 0 Å². The van der Waals surface area contributed by atoms with E-state index in [1.807, 2.05) is 64.2 Å². The van der Waals surface area contributed by atoms with Gasteiger partial charge in [0.2, 0.25) is 11.9 Å². The molecule has 1 aromatic heterocycles. The number of carbonyl (C=O) groups excluding carboxylic acids is 1. The number of hydrogen-bond acceptors (Lipinski definition) is 7. The maximum absolute atomic E-state index is 13.9. The SMILES string of the molecule is CCN(CC)Cc1cc(C(F)(F)F)cc(C2(C(=O)Nc3ccc(-c4cnc(Nc5cccc(C)c5)nc4NCCCNC)cc3)CC2)c1. The van der Waals surface area contributed by atoms with Crippen LogP contribution in [0, 0.1) is 6.92 Å². The number of hydrogen-bond donors (Lipinski definition) is 4. The number of aromatic nitrogens is 2. The lowest BCUT2D eigenvalue weighted by molar-refractivity contribution is -0.137. The van der Waals surface area contributed by atoms with Gasteiger partial charge in [0.05, 0.1) is 11.0 Å². The zero-order chi connectivity index (χ0) is 34.3. The minimum Gasteiger partial charge on any atom is -0.369 e. The second-order valence-corrected chi connectivity index (χ2v) is 12.3. The number of amides is 1. The zero-order valence-electron chi connectivity index (χ0n) is 28.0. The largest absolute Gasteiger partial charge is 0.416 e. The predicted molar refractivity (Wildman–Crippen MR) is 187 cm³/mol. The quantitative estimate of drug-likeness (QED) is 0.0970. The summed E-state index contributed by atoms with van der Waals surface area (Å²) in [5.74, 6) is 0.842. The van der Waals surface area contributed by atoms with Gasteiger partial charge in [-0.05, 0) is 112 Å². The van der Waals surface area contributed by atoms with Gasteiger partial charge in [0.1, 0.15) is 5.82 Å². The molecule has 1 fully saturated rings. The Morgan fingerprint density at radius 2 is 1.71 bits per heavy atom. The van der Waals surface area contributed by atoms with Crippen molar-refractivity contribution in [2.75, 3.05) is 49.2 Å². The third-order valence-electron chi connectivity index (χ3n) is 8.77. The third-order valence-corrected chi connectivity index (χ3v) is 8.77. The first-order chi connectivity index (χ1) is 23.0. The number of nitrogens with zero attached hydrogens (tertiary/aromatic N) is 3. The van der Waals surface area contributed by atoms with Crippen LogP contribution in [0.15, 0.2) is 72.9 Å². The van der Waals surface area contributed by atoms with Crippen LogP contribution in [-0.4, -0.2) is 54.0 Å². The van der Waals surface area contributed by atoms with E-state index in [2.05, 4.69) is 31.2 Å². The average molecular weight is 660 g/mol. The molecule has 0 saturated heterocycles. The van der Waals surface area contributed by atoms with Gasteiger partial charge < -0.3 is 21.3 Å². The maximum atomic E-state index is 13.9. The van der Waals surface area contributed by atoms with E-state index in [1.54, 1.807) is 24.4 Å². The highest BCUT2D eigenvalue weighted by Crippen LogP contribution is 2.50. The van der Waals surface area contributed by atoms with Crippen LogP contribution in [0.1, 0.15) is 55.4 Å². The highest BCUT2D eigenvalue weighted by Gasteiger charge is 2.52. The Hall–Kier alpha value is -4.48. The standard InChI is InChI=1S/C37H44F3N7O/c1-5-47(6-2)24-26-20-28(22-29(21-26)37(38,39)40)36(15-16-36)34(48)44-30-13-11-27(12-14-30)32-23-43-35(45-31-10-7-9-25(3)19-31)46-33(32)42-18-8-17-41-4/h7,9-14,19-23,41H,5-6,8,15-18,24H2,1-4H3,(H,44,48)(H2,42,43,45,46). The molecule has 1 amide bonds. The lowest BCUT2D eigenvalue weighted by Gasteiger charge is -2.22. The van der Waals surface area contributed by atoms with Crippen LogP contribution in [0.2, 0.25) is 0 Å². The van der Waals surface area contributed by atoms with E-state index in [9.17, 15) is 18.0 Å². The van der Waals surface area contributed by atoms with Gasteiger partial charge in [-0.3, -0.25) is 9.69 Å². The summed E-state index contributed by atoms with van der Waals surface area (Å²) in [6.45, 7) is 9.38. The molecule has 3 aromatic carbocycles. The second kappa shape index (κ2) is 15.2. The first-order valence-electron chi connectivity index (χ1n) is 16.5. The molecule has 0 aliphatic heterocycles. The summed E-state index contributed by atoms with van der Waals surface area (Å²) in [7, 11) is 1.91. The van der Waals surface area contributed by atoms with Gasteiger partial charge in [-0.15, -0.1) is 0 Å². The highest BCUT2D eigenvalue weighted by atomic mass is 19.4. The summed E-state index contributed by atoms with van der Waals surface area (Å²) >= 11 is 0. The van der Waals surface area contributed by atoms with Gasteiger partial charge in [-0.2, -0.15) is 18.2 Å². The smallest absolute Gasteiger partial charge is 0.369 e. The minimum absolute atomic E-state index is 0.301. The maximum Gasteiger partial charge on any atom is 0.416 e. The Morgan fingerprint density at radius 3 is 2.35 bits per heavy atom. The first kappa shape index (κ1) is 34.8. The number of alkyl halides is 3. The number of benzene rings is 3. The second-order valence-electron chi connectivity index (χ2n) is 12.3. The molecular formula is C37H44F3N7O. The molecule has 1 heterocycles. The van der Waals surface area contributed by atoms with Gasteiger partial charge in [0.25, 0.3) is 0 Å². The lowest BCUT2D eigenvalue weighted by atomic mass is 9.91. The van der Waals surface area contributed by atoms with E-state index in [-0.39, 0.29) is 5.91 Å². The van der Waals surface area contributed by atoms with Crippen molar-refractivity contribution in [3.05, 3.63) is 95.2 Å². The molecule has 1 saturated carbocycles. The lowest BCUT2D eigenvalue weighted by Crippen LogP contribution is -2.29. The molecule has 0 bridgehead atoms. The normalized spacial score (nSPS) is 13.8. The van der Waals surface area contributed by atoms with E-state index in [4.69, 9.17) is 4.98 Å². The van der Waals surface area contributed by atoms with Crippen molar-refractivity contribution in [2.45, 2.75) is 58.2 Å². The molecule has 48 heavy (non-hydrogen) atoms. The predicted octanol–water partition coefficient (Wildman–Crippen LogP) is 7.75. The Labute approximate surface area is 280 Å². The van der Waals surface area contributed by atoms with Gasteiger partial charge in [0.15, 0.2) is 0 Å². The van der Waals surface area contributed by atoms with Crippen molar-refractivity contribution < 1.29 is 18.0 Å². The van der Waals surface area contributed by atoms with E-state index >= 15 is 0 Å². The fourth-order valence-electron chi connectivity index (χ4n) is 5.80. The van der Waals surface area contributed by atoms with Crippen LogP contribution < -0.4 is 21.3 Å². The topological polar surface area (TPSA) is 94.2 Å². The van der Waals surface area contributed by atoms with Crippen LogP contribution in [0.3, 0.4) is 0 Å². The summed E-state index contributed by atoms with van der Waals surface area (Å²) in [5.41, 5.74) is 3.50. The fraction of sp³-hybridized carbons (Fsp3) is 0.378. The van der Waals surface area contributed by atoms with E-state index in [0.29, 0.717) is 54.5 Å². The van der Waals surface area contributed by atoms with Crippen molar-refractivity contribution in [2.24, 2.45) is 0 Å². The monoisotopic (exact) mass is 659 g/mol. The number of rotatable bonds is 15. The Balaban J connectivity index is 1.35. The Bertz CT molecular complexity index is 1700. The highest BCUT2D eigenvalue weighted by molar-refractivity contribution is 6.01. The molecule has 4 N–H and O–H groups in total. The first-order valence-corrected chi connectivity index (χ1v) is 16.5. The van der Waals surface area contributed by atoms with Gasteiger partial charge in [-0.25, -0.2) is 4.98 Å². The number of aryl methyl sites for hydroxylation is 1. The summed E-state index contributed by atoms with van der Waals surface area (Å²) in [6.07, 6.45) is -0.856. The number of carbonyl (C=O) groups is 1. The van der Waals surface area contributed by atoms with Crippen molar-refractivity contribution >= 4 is 29.0 Å². The van der Waals surface area contributed by atoms with Crippen molar-refractivity contribution in [1.29, 1.82) is 0 Å². The van der Waals surface area contributed by atoms with Crippen molar-refractivity contribution in [3.63, 3.8) is 0 Å². The molecule has 8 nitrogen and oxygen atoms in total. The molecule has 11 heteroatoms. The van der Waals surface area contributed by atoms with E-state index < -0.39 is 17.2 Å².